The molecule has 2 N–H and O–H groups in total. The van der Waals surface area contributed by atoms with Gasteiger partial charge in [-0.3, -0.25) is 9.78 Å². The van der Waals surface area contributed by atoms with E-state index < -0.39 is 32.6 Å². The lowest BCUT2D eigenvalue weighted by molar-refractivity contribution is -0.139. The summed E-state index contributed by atoms with van der Waals surface area (Å²) in [7, 11) is -4.40. The Morgan fingerprint density at radius 1 is 1.08 bits per heavy atom. The summed E-state index contributed by atoms with van der Waals surface area (Å²) in [6.07, 6.45) is -2.11. The quantitative estimate of drug-likeness (QED) is 0.814. The number of nitrogens with one attached hydrogen (secondary N) is 2. The van der Waals surface area contributed by atoms with Gasteiger partial charge >= 0.3 is 6.18 Å². The Morgan fingerprint density at radius 3 is 2.36 bits per heavy atom. The molecule has 0 aliphatic heterocycles. The van der Waals surface area contributed by atoms with E-state index in [0.717, 1.165) is 12.1 Å². The second kappa shape index (κ2) is 7.62. The van der Waals surface area contributed by atoms with Gasteiger partial charge in [0.25, 0.3) is 0 Å². The van der Waals surface area contributed by atoms with Crippen LogP contribution in [0, 0.1) is 0 Å². The number of carbonyl (C=O) groups is 1. The first-order chi connectivity index (χ1) is 11.7. The Labute approximate surface area is 142 Å². The van der Waals surface area contributed by atoms with Gasteiger partial charge in [0.2, 0.25) is 15.9 Å². The average molecular weight is 373 g/mol. The summed E-state index contributed by atoms with van der Waals surface area (Å²) in [6, 6.07) is 6.93. The molecule has 1 aromatic heterocycles. The Morgan fingerprint density at radius 2 is 1.72 bits per heavy atom. The highest BCUT2D eigenvalue weighted by Crippen LogP contribution is 2.33. The van der Waals surface area contributed by atoms with Crippen molar-refractivity contribution in [1.29, 1.82) is 0 Å². The molecule has 134 valence electrons. The first-order valence-corrected chi connectivity index (χ1v) is 8.54. The Balaban J connectivity index is 2.00. The number of hydrogen-bond donors (Lipinski definition) is 2. The van der Waals surface area contributed by atoms with E-state index in [1.807, 2.05) is 4.72 Å². The van der Waals surface area contributed by atoms with Crippen LogP contribution in [0.15, 0.2) is 53.7 Å². The number of benzene rings is 1. The third-order valence-corrected chi connectivity index (χ3v) is 4.61. The zero-order valence-electron chi connectivity index (χ0n) is 12.7. The standard InChI is InChI=1S/C15H14F3N3O3S/c16-15(17,18)12-3-1-2-4-13(12)25(23,24)20-10-7-14(22)21-11-5-8-19-9-6-11/h1-6,8-9,20H,7,10H2,(H,19,21,22). The number of anilines is 1. The van der Waals surface area contributed by atoms with Crippen molar-refractivity contribution in [3.8, 4) is 0 Å². The summed E-state index contributed by atoms with van der Waals surface area (Å²) in [4.78, 5) is 14.6. The van der Waals surface area contributed by atoms with Gasteiger partial charge in [0.1, 0.15) is 0 Å². The van der Waals surface area contributed by atoms with Crippen molar-refractivity contribution < 1.29 is 26.4 Å². The lowest BCUT2D eigenvalue weighted by Gasteiger charge is -2.13. The highest BCUT2D eigenvalue weighted by atomic mass is 32.2. The van der Waals surface area contributed by atoms with Crippen molar-refractivity contribution in [2.45, 2.75) is 17.5 Å². The minimum atomic E-state index is -4.80. The number of halogens is 3. The number of rotatable bonds is 6. The van der Waals surface area contributed by atoms with Crippen molar-refractivity contribution in [2.75, 3.05) is 11.9 Å². The van der Waals surface area contributed by atoms with Gasteiger partial charge in [-0.2, -0.15) is 13.2 Å². The molecule has 25 heavy (non-hydrogen) atoms. The molecule has 0 spiro atoms. The second-order valence-corrected chi connectivity index (χ2v) is 6.66. The molecule has 6 nitrogen and oxygen atoms in total. The number of alkyl halides is 3. The van der Waals surface area contributed by atoms with Gasteiger partial charge in [0.05, 0.1) is 10.5 Å². The maximum Gasteiger partial charge on any atom is 0.417 e. The number of nitrogens with zero attached hydrogens (tertiary/aromatic N) is 1. The van der Waals surface area contributed by atoms with Crippen LogP contribution < -0.4 is 10.0 Å². The fourth-order valence-corrected chi connectivity index (χ4v) is 3.23. The van der Waals surface area contributed by atoms with Crippen LogP contribution in [0.25, 0.3) is 0 Å². The maximum absolute atomic E-state index is 12.9. The number of amides is 1. The zero-order chi connectivity index (χ0) is 18.5. The first kappa shape index (κ1) is 18.9. The predicted octanol–water partition coefficient (Wildman–Crippen LogP) is 2.41. The Hall–Kier alpha value is -2.46. The minimum absolute atomic E-state index is 0.240. The molecule has 2 aromatic rings. The molecule has 0 unspecified atom stereocenters. The van der Waals surface area contributed by atoms with E-state index in [0.29, 0.717) is 11.8 Å². The number of aromatic nitrogens is 1. The smallest absolute Gasteiger partial charge is 0.326 e. The number of sulfonamides is 1. The third kappa shape index (κ3) is 5.26. The molecule has 1 aromatic carbocycles. The highest BCUT2D eigenvalue weighted by molar-refractivity contribution is 7.89. The van der Waals surface area contributed by atoms with Gasteiger partial charge in [-0.15, -0.1) is 0 Å². The second-order valence-electron chi connectivity index (χ2n) is 4.93. The van der Waals surface area contributed by atoms with E-state index in [9.17, 15) is 26.4 Å². The summed E-state index contributed by atoms with van der Waals surface area (Å²) in [5, 5.41) is 2.51. The van der Waals surface area contributed by atoms with Crippen LogP contribution in [0.5, 0.6) is 0 Å². The molecular weight excluding hydrogens is 359 g/mol. The predicted molar refractivity (Wildman–Crippen MR) is 84.1 cm³/mol. The van der Waals surface area contributed by atoms with Crippen LogP contribution in [0.3, 0.4) is 0 Å². The molecule has 1 amide bonds. The van der Waals surface area contributed by atoms with E-state index in [-0.39, 0.29) is 13.0 Å². The lowest BCUT2D eigenvalue weighted by Crippen LogP contribution is -2.29. The summed E-state index contributed by atoms with van der Waals surface area (Å²) in [5.41, 5.74) is -0.783. The minimum Gasteiger partial charge on any atom is -0.326 e. The van der Waals surface area contributed by atoms with Crippen LogP contribution >= 0.6 is 0 Å². The molecule has 0 saturated heterocycles. The molecule has 0 aliphatic rings. The summed E-state index contributed by atoms with van der Waals surface area (Å²) in [6.45, 7) is -0.342. The molecule has 0 saturated carbocycles. The molecule has 2 rings (SSSR count). The summed E-state index contributed by atoms with van der Waals surface area (Å²) >= 11 is 0. The van der Waals surface area contributed by atoms with E-state index >= 15 is 0 Å². The van der Waals surface area contributed by atoms with Gasteiger partial charge in [0.15, 0.2) is 0 Å². The molecule has 0 aliphatic carbocycles. The van der Waals surface area contributed by atoms with Crippen LogP contribution in [0.2, 0.25) is 0 Å². The average Bonchev–Trinajstić information content (AvgIpc) is 2.55. The van der Waals surface area contributed by atoms with Gasteiger partial charge in [-0.25, -0.2) is 13.1 Å². The van der Waals surface area contributed by atoms with Gasteiger partial charge in [-0.1, -0.05) is 12.1 Å². The number of hydrogen-bond acceptors (Lipinski definition) is 4. The van der Waals surface area contributed by atoms with Crippen molar-refractivity contribution in [2.24, 2.45) is 0 Å². The van der Waals surface area contributed by atoms with Gasteiger partial charge in [-0.05, 0) is 24.3 Å². The Bertz CT molecular complexity index is 840. The van der Waals surface area contributed by atoms with Crippen LogP contribution in [0.4, 0.5) is 18.9 Å². The maximum atomic E-state index is 12.9. The lowest BCUT2D eigenvalue weighted by atomic mass is 10.2. The fraction of sp³-hybridized carbons (Fsp3) is 0.200. The summed E-state index contributed by atoms with van der Waals surface area (Å²) in [5.74, 6) is -0.488. The molecule has 0 atom stereocenters. The number of carbonyl (C=O) groups excluding carboxylic acids is 1. The molecule has 0 radical (unpaired) electrons. The molecular formula is C15H14F3N3O3S. The molecule has 0 bridgehead atoms. The van der Waals surface area contributed by atoms with Crippen molar-refractivity contribution in [1.82, 2.24) is 9.71 Å². The first-order valence-electron chi connectivity index (χ1n) is 7.06. The monoisotopic (exact) mass is 373 g/mol. The molecule has 1 heterocycles. The van der Waals surface area contributed by atoms with Crippen molar-refractivity contribution >= 4 is 21.6 Å². The SMILES string of the molecule is O=C(CCNS(=O)(=O)c1ccccc1C(F)(F)F)Nc1ccncc1. The van der Waals surface area contributed by atoms with E-state index in [2.05, 4.69) is 10.3 Å². The molecule has 10 heteroatoms. The zero-order valence-corrected chi connectivity index (χ0v) is 13.6. The molecule has 0 fully saturated rings. The van der Waals surface area contributed by atoms with E-state index in [1.54, 1.807) is 12.1 Å². The van der Waals surface area contributed by atoms with Crippen LogP contribution in [-0.4, -0.2) is 25.9 Å². The number of pyridine rings is 1. The normalized spacial score (nSPS) is 12.0. The van der Waals surface area contributed by atoms with Gasteiger partial charge in [0, 0.05) is 31.0 Å². The topological polar surface area (TPSA) is 88.2 Å². The van der Waals surface area contributed by atoms with Crippen LogP contribution in [0.1, 0.15) is 12.0 Å². The fourth-order valence-electron chi connectivity index (χ4n) is 1.97. The highest BCUT2D eigenvalue weighted by Gasteiger charge is 2.36. The van der Waals surface area contributed by atoms with E-state index in [4.69, 9.17) is 0 Å². The third-order valence-electron chi connectivity index (χ3n) is 3.09. The van der Waals surface area contributed by atoms with Gasteiger partial charge < -0.3 is 5.32 Å². The van der Waals surface area contributed by atoms with Crippen molar-refractivity contribution in [3.05, 3.63) is 54.4 Å². The Kier molecular flexibility index (Phi) is 5.75. The largest absolute Gasteiger partial charge is 0.417 e. The van der Waals surface area contributed by atoms with E-state index in [1.165, 1.54) is 18.5 Å². The van der Waals surface area contributed by atoms with Crippen molar-refractivity contribution in [3.63, 3.8) is 0 Å². The van der Waals surface area contributed by atoms with Crippen LogP contribution in [-0.2, 0) is 21.0 Å². The summed E-state index contributed by atoms with van der Waals surface area (Å²) < 4.78 is 64.9.